The molecule has 0 atom stereocenters. The van der Waals surface area contributed by atoms with E-state index in [2.05, 4.69) is 27.5 Å². The topological polar surface area (TPSA) is 63.0 Å². The van der Waals surface area contributed by atoms with E-state index >= 15 is 0 Å². The van der Waals surface area contributed by atoms with E-state index in [0.29, 0.717) is 12.4 Å². The van der Waals surface area contributed by atoms with E-state index in [9.17, 15) is 0 Å². The Morgan fingerprint density at radius 3 is 2.63 bits per heavy atom. The van der Waals surface area contributed by atoms with Gasteiger partial charge in [-0.15, -0.1) is 0 Å². The number of hydrogen-bond donors (Lipinski definition) is 2. The van der Waals surface area contributed by atoms with Crippen LogP contribution in [0.1, 0.15) is 31.9 Å². The summed E-state index contributed by atoms with van der Waals surface area (Å²) >= 11 is 0. The summed E-state index contributed by atoms with van der Waals surface area (Å²) in [7, 11) is 0. The first-order chi connectivity index (χ1) is 9.31. The van der Waals surface area contributed by atoms with Crippen LogP contribution in [0.3, 0.4) is 0 Å². The summed E-state index contributed by atoms with van der Waals surface area (Å²) in [6, 6.07) is 5.86. The van der Waals surface area contributed by atoms with Gasteiger partial charge >= 0.3 is 0 Å². The summed E-state index contributed by atoms with van der Waals surface area (Å²) in [4.78, 5) is 8.66. The maximum atomic E-state index is 5.53. The van der Waals surface area contributed by atoms with Crippen molar-refractivity contribution in [3.05, 3.63) is 36.0 Å². The number of rotatable bonds is 7. The molecule has 2 rings (SSSR count). The number of nitrogens with one attached hydrogen (secondary N) is 2. The molecule has 2 aromatic rings. The molecule has 0 bridgehead atoms. The van der Waals surface area contributed by atoms with Crippen LogP contribution in [0, 0.1) is 0 Å². The first kappa shape index (κ1) is 13.4. The van der Waals surface area contributed by atoms with Crippen LogP contribution in [0.15, 0.2) is 28.8 Å². The number of hydrogen-bond acceptors (Lipinski definition) is 5. The van der Waals surface area contributed by atoms with Gasteiger partial charge in [-0.25, -0.2) is 9.97 Å². The van der Waals surface area contributed by atoms with Crippen LogP contribution in [0.4, 0.5) is 11.6 Å². The van der Waals surface area contributed by atoms with Gasteiger partial charge in [0.25, 0.3) is 0 Å². The van der Waals surface area contributed by atoms with Crippen molar-refractivity contribution in [2.75, 3.05) is 17.2 Å². The van der Waals surface area contributed by atoms with Crippen LogP contribution in [-0.2, 0) is 13.0 Å². The maximum absolute atomic E-state index is 5.53. The third-order valence-electron chi connectivity index (χ3n) is 2.68. The van der Waals surface area contributed by atoms with Crippen molar-refractivity contribution in [1.29, 1.82) is 0 Å². The standard InChI is InChI=1S/C14H20N4O/c1-3-8-15-12-6-5-7-13(18-12)16-10-14-17-9-11(4-2)19-14/h5-7,9H,3-4,8,10H2,1-2H3,(H2,15,16,18). The lowest BCUT2D eigenvalue weighted by atomic mass is 10.4. The van der Waals surface area contributed by atoms with Crippen LogP contribution in [-0.4, -0.2) is 16.5 Å². The molecule has 0 amide bonds. The first-order valence-electron chi connectivity index (χ1n) is 6.70. The quantitative estimate of drug-likeness (QED) is 0.801. The molecule has 0 aliphatic heterocycles. The lowest BCUT2D eigenvalue weighted by Gasteiger charge is -2.07. The average Bonchev–Trinajstić information content (AvgIpc) is 2.91. The van der Waals surface area contributed by atoms with Crippen molar-refractivity contribution in [2.24, 2.45) is 0 Å². The minimum absolute atomic E-state index is 0.546. The van der Waals surface area contributed by atoms with Crippen LogP contribution < -0.4 is 10.6 Å². The van der Waals surface area contributed by atoms with Gasteiger partial charge in [-0.3, -0.25) is 0 Å². The SMILES string of the molecule is CCCNc1cccc(NCc2ncc(CC)o2)n1. The Bertz CT molecular complexity index is 510. The summed E-state index contributed by atoms with van der Waals surface area (Å²) in [5, 5.41) is 6.46. The van der Waals surface area contributed by atoms with Crippen LogP contribution in [0.2, 0.25) is 0 Å². The number of nitrogens with zero attached hydrogens (tertiary/aromatic N) is 2. The molecule has 5 heteroatoms. The number of oxazole rings is 1. The van der Waals surface area contributed by atoms with Gasteiger partial charge in [0.15, 0.2) is 0 Å². The predicted octanol–water partition coefficient (Wildman–Crippen LogP) is 3.07. The summed E-state index contributed by atoms with van der Waals surface area (Å²) in [6.07, 6.45) is 3.71. The van der Waals surface area contributed by atoms with Gasteiger partial charge in [-0.1, -0.05) is 19.9 Å². The first-order valence-corrected chi connectivity index (χ1v) is 6.70. The zero-order valence-corrected chi connectivity index (χ0v) is 11.4. The smallest absolute Gasteiger partial charge is 0.213 e. The lowest BCUT2D eigenvalue weighted by molar-refractivity contribution is 0.465. The van der Waals surface area contributed by atoms with E-state index in [1.807, 2.05) is 25.1 Å². The molecule has 2 N–H and O–H groups in total. The molecule has 2 heterocycles. The normalized spacial score (nSPS) is 10.4. The molecule has 0 fully saturated rings. The Balaban J connectivity index is 1.91. The van der Waals surface area contributed by atoms with E-state index in [1.165, 1.54) is 0 Å². The van der Waals surface area contributed by atoms with Gasteiger partial charge in [0.05, 0.1) is 12.7 Å². The highest BCUT2D eigenvalue weighted by atomic mass is 16.4. The summed E-state index contributed by atoms with van der Waals surface area (Å²) in [5.41, 5.74) is 0. The number of aryl methyl sites for hydroxylation is 1. The molecular formula is C14H20N4O. The van der Waals surface area contributed by atoms with Crippen LogP contribution in [0.25, 0.3) is 0 Å². The van der Waals surface area contributed by atoms with Gasteiger partial charge in [-0.2, -0.15) is 0 Å². The fourth-order valence-electron chi connectivity index (χ4n) is 1.64. The van der Waals surface area contributed by atoms with Crippen LogP contribution >= 0.6 is 0 Å². The molecule has 102 valence electrons. The van der Waals surface area contributed by atoms with Crippen molar-refractivity contribution in [3.63, 3.8) is 0 Å². The van der Waals surface area contributed by atoms with E-state index in [-0.39, 0.29) is 0 Å². The van der Waals surface area contributed by atoms with Gasteiger partial charge in [0, 0.05) is 13.0 Å². The summed E-state index contributed by atoms with van der Waals surface area (Å²) in [6.45, 7) is 5.64. The third kappa shape index (κ3) is 3.98. The molecule has 2 aromatic heterocycles. The number of anilines is 2. The second-order valence-corrected chi connectivity index (χ2v) is 4.26. The Hall–Kier alpha value is -2.04. The highest BCUT2D eigenvalue weighted by Gasteiger charge is 2.03. The fourth-order valence-corrected chi connectivity index (χ4v) is 1.64. The van der Waals surface area contributed by atoms with Crippen LogP contribution in [0.5, 0.6) is 0 Å². The Morgan fingerprint density at radius 1 is 1.16 bits per heavy atom. The second-order valence-electron chi connectivity index (χ2n) is 4.26. The maximum Gasteiger partial charge on any atom is 0.213 e. The van der Waals surface area contributed by atoms with E-state index < -0.39 is 0 Å². The molecule has 0 aromatic carbocycles. The Labute approximate surface area is 113 Å². The van der Waals surface area contributed by atoms with Crippen molar-refractivity contribution >= 4 is 11.6 Å². The average molecular weight is 260 g/mol. The number of pyridine rings is 1. The van der Waals surface area contributed by atoms with E-state index in [0.717, 1.165) is 36.8 Å². The van der Waals surface area contributed by atoms with Gasteiger partial charge in [0.1, 0.15) is 17.4 Å². The molecule has 19 heavy (non-hydrogen) atoms. The Morgan fingerprint density at radius 2 is 1.95 bits per heavy atom. The molecular weight excluding hydrogens is 240 g/mol. The zero-order valence-electron chi connectivity index (χ0n) is 11.4. The predicted molar refractivity (Wildman–Crippen MR) is 76.2 cm³/mol. The lowest BCUT2D eigenvalue weighted by Crippen LogP contribution is -2.05. The molecule has 0 spiro atoms. The van der Waals surface area contributed by atoms with E-state index in [4.69, 9.17) is 4.42 Å². The minimum Gasteiger partial charge on any atom is -0.444 e. The van der Waals surface area contributed by atoms with Crippen molar-refractivity contribution in [1.82, 2.24) is 9.97 Å². The largest absolute Gasteiger partial charge is 0.444 e. The zero-order chi connectivity index (χ0) is 13.5. The van der Waals surface area contributed by atoms with Gasteiger partial charge in [-0.05, 0) is 18.6 Å². The molecule has 0 aliphatic rings. The minimum atomic E-state index is 0.546. The Kier molecular flexibility index (Phi) is 4.78. The molecule has 0 aliphatic carbocycles. The van der Waals surface area contributed by atoms with Gasteiger partial charge in [0.2, 0.25) is 5.89 Å². The van der Waals surface area contributed by atoms with Gasteiger partial charge < -0.3 is 15.1 Å². The second kappa shape index (κ2) is 6.78. The summed E-state index contributed by atoms with van der Waals surface area (Å²) in [5.74, 6) is 3.29. The molecule has 5 nitrogen and oxygen atoms in total. The molecule has 0 saturated heterocycles. The number of aromatic nitrogens is 2. The third-order valence-corrected chi connectivity index (χ3v) is 2.68. The van der Waals surface area contributed by atoms with Crippen molar-refractivity contribution in [3.8, 4) is 0 Å². The van der Waals surface area contributed by atoms with Crippen molar-refractivity contribution < 1.29 is 4.42 Å². The van der Waals surface area contributed by atoms with Crippen molar-refractivity contribution in [2.45, 2.75) is 33.2 Å². The monoisotopic (exact) mass is 260 g/mol. The fraction of sp³-hybridized carbons (Fsp3) is 0.429. The summed E-state index contributed by atoms with van der Waals surface area (Å²) < 4.78 is 5.53. The molecule has 0 radical (unpaired) electrons. The molecule has 0 saturated carbocycles. The van der Waals surface area contributed by atoms with E-state index in [1.54, 1.807) is 6.20 Å². The highest BCUT2D eigenvalue weighted by molar-refractivity contribution is 5.44. The highest BCUT2D eigenvalue weighted by Crippen LogP contribution is 2.11. The molecule has 0 unspecified atom stereocenters.